The van der Waals surface area contributed by atoms with Crippen molar-refractivity contribution in [1.29, 1.82) is 0 Å². The highest BCUT2D eigenvalue weighted by Crippen LogP contribution is 2.11. The van der Waals surface area contributed by atoms with E-state index in [0.717, 1.165) is 11.3 Å². The first kappa shape index (κ1) is 20.0. The van der Waals surface area contributed by atoms with Crippen molar-refractivity contribution in [3.63, 3.8) is 0 Å². The fourth-order valence-corrected chi connectivity index (χ4v) is 4.25. The molecule has 144 valence electrons. The first-order valence-corrected chi connectivity index (χ1v) is 10.4. The predicted octanol–water partition coefficient (Wildman–Crippen LogP) is 0.0536. The molecule has 0 saturated carbocycles. The average Bonchev–Trinajstić information content (AvgIpc) is 2.97. The number of rotatable bonds is 7. The molecule has 1 aliphatic heterocycles. The van der Waals surface area contributed by atoms with Crippen LogP contribution in [0.15, 0.2) is 29.3 Å². The minimum absolute atomic E-state index is 0.0367. The molecule has 0 aromatic heterocycles. The lowest BCUT2D eigenvalue weighted by molar-refractivity contribution is -0.119. The lowest BCUT2D eigenvalue weighted by Gasteiger charge is -2.15. The lowest BCUT2D eigenvalue weighted by atomic mass is 10.2. The minimum atomic E-state index is -2.97. The van der Waals surface area contributed by atoms with Crippen molar-refractivity contribution in [2.45, 2.75) is 25.9 Å². The van der Waals surface area contributed by atoms with Gasteiger partial charge in [0, 0.05) is 19.1 Å². The molecule has 1 atom stereocenters. The van der Waals surface area contributed by atoms with E-state index < -0.39 is 9.84 Å². The van der Waals surface area contributed by atoms with E-state index in [1.54, 1.807) is 7.11 Å². The molecule has 1 aliphatic rings. The largest absolute Gasteiger partial charge is 0.497 e. The molecule has 1 fully saturated rings. The number of benzene rings is 1. The van der Waals surface area contributed by atoms with E-state index in [-0.39, 0.29) is 30.0 Å². The van der Waals surface area contributed by atoms with Crippen molar-refractivity contribution < 1.29 is 17.9 Å². The second-order valence-corrected chi connectivity index (χ2v) is 8.29. The van der Waals surface area contributed by atoms with Crippen molar-refractivity contribution >= 4 is 21.7 Å². The van der Waals surface area contributed by atoms with E-state index in [1.165, 1.54) is 0 Å². The first-order valence-electron chi connectivity index (χ1n) is 8.56. The molecule has 0 aliphatic carbocycles. The second kappa shape index (κ2) is 9.42. The molecule has 9 heteroatoms. The zero-order valence-corrected chi connectivity index (χ0v) is 15.9. The Hall–Kier alpha value is -2.29. The van der Waals surface area contributed by atoms with Crippen LogP contribution in [0.3, 0.4) is 0 Å². The molecule has 1 heterocycles. The van der Waals surface area contributed by atoms with Gasteiger partial charge in [-0.15, -0.1) is 0 Å². The highest BCUT2D eigenvalue weighted by Gasteiger charge is 2.28. The number of methoxy groups -OCH3 is 1. The van der Waals surface area contributed by atoms with Gasteiger partial charge < -0.3 is 20.7 Å². The van der Waals surface area contributed by atoms with Crippen LogP contribution in [0.4, 0.5) is 0 Å². The van der Waals surface area contributed by atoms with Crippen LogP contribution < -0.4 is 20.7 Å². The maximum atomic E-state index is 12.0. The summed E-state index contributed by atoms with van der Waals surface area (Å²) in [6.07, 6.45) is 0.552. The summed E-state index contributed by atoms with van der Waals surface area (Å²) in [7, 11) is -1.36. The number of hydrogen-bond acceptors (Lipinski definition) is 5. The summed E-state index contributed by atoms with van der Waals surface area (Å²) >= 11 is 0. The zero-order valence-electron chi connectivity index (χ0n) is 15.1. The number of aliphatic imine (C=N–C) groups is 1. The van der Waals surface area contributed by atoms with Gasteiger partial charge in [-0.2, -0.15) is 0 Å². The SMILES string of the molecule is CCNC(=NCC(=O)NCc1ccc(OC)cc1)NC1CCS(=O)(=O)C1. The maximum Gasteiger partial charge on any atom is 0.242 e. The average molecular weight is 382 g/mol. The number of amides is 1. The normalized spacial score (nSPS) is 19.0. The fraction of sp³-hybridized carbons (Fsp3) is 0.529. The van der Waals surface area contributed by atoms with Gasteiger partial charge >= 0.3 is 0 Å². The molecule has 8 nitrogen and oxygen atoms in total. The van der Waals surface area contributed by atoms with Crippen molar-refractivity contribution in [3.8, 4) is 5.75 Å². The molecular weight excluding hydrogens is 356 g/mol. The molecule has 3 N–H and O–H groups in total. The Balaban J connectivity index is 1.82. The quantitative estimate of drug-likeness (QED) is 0.454. The zero-order chi connectivity index (χ0) is 19.0. The minimum Gasteiger partial charge on any atom is -0.497 e. The summed E-state index contributed by atoms with van der Waals surface area (Å²) < 4.78 is 28.2. The van der Waals surface area contributed by atoms with Crippen LogP contribution in [-0.4, -0.2) is 58.0 Å². The number of nitrogens with one attached hydrogen (secondary N) is 3. The van der Waals surface area contributed by atoms with Crippen LogP contribution in [0.1, 0.15) is 18.9 Å². The summed E-state index contributed by atoms with van der Waals surface area (Å²) in [5, 5.41) is 8.91. The number of nitrogens with zero attached hydrogens (tertiary/aromatic N) is 1. The summed E-state index contributed by atoms with van der Waals surface area (Å²) in [6, 6.07) is 7.27. The van der Waals surface area contributed by atoms with Crippen LogP contribution >= 0.6 is 0 Å². The van der Waals surface area contributed by atoms with Crippen LogP contribution in [0.2, 0.25) is 0 Å². The molecule has 1 aromatic rings. The van der Waals surface area contributed by atoms with Gasteiger partial charge in [0.1, 0.15) is 12.3 Å². The standard InChI is InChI=1S/C17H26N4O4S/c1-3-18-17(21-14-8-9-26(23,24)12-14)20-11-16(22)19-10-13-4-6-15(25-2)7-5-13/h4-7,14H,3,8-12H2,1-2H3,(H,19,22)(H2,18,20,21). The topological polar surface area (TPSA) is 109 Å². The molecule has 2 rings (SSSR count). The van der Waals surface area contributed by atoms with E-state index in [9.17, 15) is 13.2 Å². The van der Waals surface area contributed by atoms with Crippen LogP contribution in [0.25, 0.3) is 0 Å². The van der Waals surface area contributed by atoms with E-state index >= 15 is 0 Å². The highest BCUT2D eigenvalue weighted by atomic mass is 32.2. The van der Waals surface area contributed by atoms with Crippen LogP contribution in [0, 0.1) is 0 Å². The predicted molar refractivity (Wildman–Crippen MR) is 101 cm³/mol. The highest BCUT2D eigenvalue weighted by molar-refractivity contribution is 7.91. The Bertz CT molecular complexity index is 732. The van der Waals surface area contributed by atoms with E-state index in [0.29, 0.717) is 25.5 Å². The van der Waals surface area contributed by atoms with Crippen LogP contribution in [0.5, 0.6) is 5.75 Å². The van der Waals surface area contributed by atoms with Crippen molar-refractivity contribution in [2.24, 2.45) is 4.99 Å². The third kappa shape index (κ3) is 6.55. The Labute approximate surface area is 154 Å². The van der Waals surface area contributed by atoms with Gasteiger partial charge in [-0.05, 0) is 31.0 Å². The molecule has 1 aromatic carbocycles. The lowest BCUT2D eigenvalue weighted by Crippen LogP contribution is -2.44. The molecule has 1 saturated heterocycles. The number of ether oxygens (including phenoxy) is 1. The van der Waals surface area contributed by atoms with Gasteiger partial charge in [0.05, 0.1) is 18.6 Å². The molecule has 0 radical (unpaired) electrons. The fourth-order valence-electron chi connectivity index (χ4n) is 2.57. The van der Waals surface area contributed by atoms with Gasteiger partial charge in [0.25, 0.3) is 0 Å². The van der Waals surface area contributed by atoms with Crippen LogP contribution in [-0.2, 0) is 21.2 Å². The van der Waals surface area contributed by atoms with Crippen molar-refractivity contribution in [1.82, 2.24) is 16.0 Å². The molecule has 1 unspecified atom stereocenters. The Morgan fingerprint density at radius 2 is 2.00 bits per heavy atom. The van der Waals surface area contributed by atoms with Crippen molar-refractivity contribution in [3.05, 3.63) is 29.8 Å². The third-order valence-electron chi connectivity index (χ3n) is 3.95. The van der Waals surface area contributed by atoms with E-state index in [1.807, 2.05) is 31.2 Å². The monoisotopic (exact) mass is 382 g/mol. The third-order valence-corrected chi connectivity index (χ3v) is 5.71. The molecular formula is C17H26N4O4S. The molecule has 26 heavy (non-hydrogen) atoms. The van der Waals surface area contributed by atoms with Gasteiger partial charge in [0.2, 0.25) is 5.91 Å². The second-order valence-electron chi connectivity index (χ2n) is 6.06. The van der Waals surface area contributed by atoms with Gasteiger partial charge in [-0.25, -0.2) is 13.4 Å². The van der Waals surface area contributed by atoms with Gasteiger partial charge in [-0.3, -0.25) is 4.79 Å². The molecule has 0 bridgehead atoms. The molecule has 1 amide bonds. The van der Waals surface area contributed by atoms with Gasteiger partial charge in [0.15, 0.2) is 15.8 Å². The number of sulfone groups is 1. The number of guanidine groups is 1. The van der Waals surface area contributed by atoms with E-state index in [2.05, 4.69) is 20.9 Å². The summed E-state index contributed by atoms with van der Waals surface area (Å²) in [6.45, 7) is 2.90. The summed E-state index contributed by atoms with van der Waals surface area (Å²) in [4.78, 5) is 16.2. The van der Waals surface area contributed by atoms with E-state index in [4.69, 9.17) is 4.74 Å². The summed E-state index contributed by atoms with van der Waals surface area (Å²) in [5.74, 6) is 1.29. The van der Waals surface area contributed by atoms with Gasteiger partial charge in [-0.1, -0.05) is 12.1 Å². The Morgan fingerprint density at radius 3 is 2.58 bits per heavy atom. The number of carbonyl (C=O) groups is 1. The maximum absolute atomic E-state index is 12.0. The number of carbonyl (C=O) groups excluding carboxylic acids is 1. The molecule has 0 spiro atoms. The Morgan fingerprint density at radius 1 is 1.27 bits per heavy atom. The first-order chi connectivity index (χ1) is 12.4. The van der Waals surface area contributed by atoms with Crippen molar-refractivity contribution in [2.75, 3.05) is 31.7 Å². The smallest absolute Gasteiger partial charge is 0.242 e. The number of hydrogen-bond donors (Lipinski definition) is 3. The summed E-state index contributed by atoms with van der Waals surface area (Å²) in [5.41, 5.74) is 0.962. The Kier molecular flexibility index (Phi) is 7.26.